The lowest BCUT2D eigenvalue weighted by molar-refractivity contribution is 0.354. The summed E-state index contributed by atoms with van der Waals surface area (Å²) in [6.07, 6.45) is 4.53. The van der Waals surface area contributed by atoms with E-state index in [1.165, 1.54) is 24.2 Å². The summed E-state index contributed by atoms with van der Waals surface area (Å²) in [6.45, 7) is 4.13. The molecular formula is C22H25ClN4O3S2. The van der Waals surface area contributed by atoms with Crippen molar-refractivity contribution in [1.82, 2.24) is 14.4 Å². The van der Waals surface area contributed by atoms with Crippen molar-refractivity contribution in [3.63, 3.8) is 0 Å². The minimum Gasteiger partial charge on any atom is -0.369 e. The molecular weight excluding hydrogens is 468 g/mol. The fraction of sp³-hybridized carbons (Fsp3) is 0.455. The second-order valence-electron chi connectivity index (χ2n) is 8.41. The highest BCUT2D eigenvalue weighted by molar-refractivity contribution is 7.91. The van der Waals surface area contributed by atoms with Crippen LogP contribution in [0.4, 0.5) is 5.69 Å². The maximum atomic E-state index is 13.2. The first-order valence-electron chi connectivity index (χ1n) is 10.9. The van der Waals surface area contributed by atoms with Gasteiger partial charge in [0.25, 0.3) is 10.0 Å². The topological polar surface area (TPSA) is 79.5 Å². The molecule has 3 aromatic rings. The monoisotopic (exact) mass is 492 g/mol. The molecule has 5 rings (SSSR count). The lowest BCUT2D eigenvalue weighted by Crippen LogP contribution is -2.48. The van der Waals surface area contributed by atoms with Crippen LogP contribution in [0.3, 0.4) is 0 Å². The Kier molecular flexibility index (Phi) is 6.00. The molecule has 1 saturated carbocycles. The van der Waals surface area contributed by atoms with Gasteiger partial charge in [0.15, 0.2) is 0 Å². The molecule has 32 heavy (non-hydrogen) atoms. The molecule has 0 spiro atoms. The number of nitrogens with zero attached hydrogens (tertiary/aromatic N) is 4. The highest BCUT2D eigenvalue weighted by Crippen LogP contribution is 2.35. The van der Waals surface area contributed by atoms with Gasteiger partial charge in [-0.3, -0.25) is 0 Å². The lowest BCUT2D eigenvalue weighted by atomic mass is 10.1. The van der Waals surface area contributed by atoms with Crippen LogP contribution in [0.15, 0.2) is 38.4 Å². The van der Waals surface area contributed by atoms with Gasteiger partial charge < -0.3 is 9.42 Å². The number of halogens is 1. The molecule has 0 N–H and O–H groups in total. The van der Waals surface area contributed by atoms with Gasteiger partial charge in [0.2, 0.25) is 11.7 Å². The number of piperazine rings is 1. The Bertz CT molecular complexity index is 1210. The van der Waals surface area contributed by atoms with Crippen LogP contribution in [0.1, 0.15) is 43.1 Å². The molecule has 10 heteroatoms. The van der Waals surface area contributed by atoms with Crippen LogP contribution in [-0.4, -0.2) is 49.0 Å². The molecule has 7 nitrogen and oxygen atoms in total. The van der Waals surface area contributed by atoms with Gasteiger partial charge in [-0.25, -0.2) is 8.42 Å². The zero-order valence-electron chi connectivity index (χ0n) is 17.8. The summed E-state index contributed by atoms with van der Waals surface area (Å²) in [4.78, 5) is 6.72. The molecule has 1 aliphatic carbocycles. The van der Waals surface area contributed by atoms with Crippen molar-refractivity contribution >= 4 is 38.6 Å². The predicted octanol–water partition coefficient (Wildman–Crippen LogP) is 4.93. The van der Waals surface area contributed by atoms with E-state index in [-0.39, 0.29) is 0 Å². The molecule has 170 valence electrons. The molecule has 2 fully saturated rings. The highest BCUT2D eigenvalue weighted by Gasteiger charge is 2.31. The summed E-state index contributed by atoms with van der Waals surface area (Å²) in [5.74, 6) is 1.46. The van der Waals surface area contributed by atoms with Crippen molar-refractivity contribution in [2.24, 2.45) is 0 Å². The molecule has 1 aliphatic heterocycles. The van der Waals surface area contributed by atoms with Crippen LogP contribution in [0.25, 0.3) is 11.4 Å². The van der Waals surface area contributed by atoms with Gasteiger partial charge in [-0.15, -0.1) is 11.3 Å². The number of hydrogen-bond donors (Lipinski definition) is 0. The molecule has 3 heterocycles. The van der Waals surface area contributed by atoms with Crippen molar-refractivity contribution in [2.75, 3.05) is 31.1 Å². The summed E-state index contributed by atoms with van der Waals surface area (Å²) in [7, 11) is -3.57. The first kappa shape index (κ1) is 21.9. The minimum absolute atomic E-state index is 0.312. The molecule has 2 aliphatic rings. The van der Waals surface area contributed by atoms with E-state index in [0.29, 0.717) is 58.6 Å². The normalized spacial score (nSPS) is 18.5. The third-order valence-electron chi connectivity index (χ3n) is 6.32. The summed E-state index contributed by atoms with van der Waals surface area (Å²) < 4.78 is 33.8. The lowest BCUT2D eigenvalue weighted by Gasteiger charge is -2.36. The fourth-order valence-electron chi connectivity index (χ4n) is 4.48. The van der Waals surface area contributed by atoms with E-state index in [1.807, 2.05) is 25.1 Å². The summed E-state index contributed by atoms with van der Waals surface area (Å²) in [5.41, 5.74) is 2.88. The molecule has 0 atom stereocenters. The van der Waals surface area contributed by atoms with Gasteiger partial charge in [0.05, 0.1) is 0 Å². The van der Waals surface area contributed by atoms with Gasteiger partial charge in [-0.2, -0.15) is 9.29 Å². The van der Waals surface area contributed by atoms with Crippen molar-refractivity contribution < 1.29 is 12.9 Å². The Balaban J connectivity index is 1.29. The van der Waals surface area contributed by atoms with E-state index >= 15 is 0 Å². The van der Waals surface area contributed by atoms with Crippen LogP contribution in [0.5, 0.6) is 0 Å². The van der Waals surface area contributed by atoms with E-state index in [0.717, 1.165) is 24.1 Å². The van der Waals surface area contributed by atoms with Gasteiger partial charge in [0.1, 0.15) is 4.21 Å². The third kappa shape index (κ3) is 4.19. The van der Waals surface area contributed by atoms with E-state index in [9.17, 15) is 8.42 Å². The second-order valence-corrected chi connectivity index (χ2v) is 11.9. The average molecular weight is 493 g/mol. The maximum Gasteiger partial charge on any atom is 0.252 e. The number of thiophene rings is 1. The third-order valence-corrected chi connectivity index (χ3v) is 9.87. The SMILES string of the molecule is Cc1ccc(Cl)cc1N1CCN(S(=O)(=O)c2cc(-c3noc(C4CCCC4)n3)cs2)CC1. The Labute approximate surface area is 197 Å². The summed E-state index contributed by atoms with van der Waals surface area (Å²) >= 11 is 7.37. The van der Waals surface area contributed by atoms with E-state index in [1.54, 1.807) is 15.8 Å². The first-order chi connectivity index (χ1) is 15.4. The number of rotatable bonds is 5. The van der Waals surface area contributed by atoms with Gasteiger partial charge >= 0.3 is 0 Å². The van der Waals surface area contributed by atoms with Gasteiger partial charge in [-0.1, -0.05) is 35.7 Å². The first-order valence-corrected chi connectivity index (χ1v) is 13.6. The number of aryl methyl sites for hydroxylation is 1. The Hall–Kier alpha value is -1.94. The summed E-state index contributed by atoms with van der Waals surface area (Å²) in [6, 6.07) is 7.47. The Morgan fingerprint density at radius 2 is 1.88 bits per heavy atom. The van der Waals surface area contributed by atoms with Crippen molar-refractivity contribution in [1.29, 1.82) is 0 Å². The molecule has 0 bridgehead atoms. The largest absolute Gasteiger partial charge is 0.369 e. The molecule has 0 radical (unpaired) electrons. The van der Waals surface area contributed by atoms with Crippen LogP contribution in [-0.2, 0) is 10.0 Å². The predicted molar refractivity (Wildman–Crippen MR) is 126 cm³/mol. The molecule has 1 saturated heterocycles. The zero-order chi connectivity index (χ0) is 22.3. The van der Waals surface area contributed by atoms with E-state index in [4.69, 9.17) is 16.1 Å². The van der Waals surface area contributed by atoms with Gasteiger partial charge in [0, 0.05) is 53.8 Å². The van der Waals surface area contributed by atoms with Crippen molar-refractivity contribution in [3.05, 3.63) is 46.1 Å². The molecule has 2 aromatic heterocycles. The highest BCUT2D eigenvalue weighted by atomic mass is 35.5. The van der Waals surface area contributed by atoms with E-state index in [2.05, 4.69) is 15.0 Å². The Morgan fingerprint density at radius 1 is 1.12 bits per heavy atom. The number of sulfonamides is 1. The number of benzene rings is 1. The van der Waals surface area contributed by atoms with Crippen LogP contribution in [0, 0.1) is 6.92 Å². The zero-order valence-corrected chi connectivity index (χ0v) is 20.2. The molecule has 0 unspecified atom stereocenters. The average Bonchev–Trinajstić information content (AvgIpc) is 3.55. The minimum atomic E-state index is -3.57. The Morgan fingerprint density at radius 3 is 2.62 bits per heavy atom. The smallest absolute Gasteiger partial charge is 0.252 e. The van der Waals surface area contributed by atoms with Crippen LogP contribution < -0.4 is 4.90 Å². The standard InChI is InChI=1S/C22H25ClN4O3S2/c1-15-6-7-18(23)13-19(15)26-8-10-27(11-9-26)32(28,29)20-12-17(14-31-20)21-24-22(30-25-21)16-4-2-3-5-16/h6-7,12-14,16H,2-5,8-11H2,1H3. The number of hydrogen-bond acceptors (Lipinski definition) is 7. The molecule has 0 amide bonds. The molecule has 1 aromatic carbocycles. The maximum absolute atomic E-state index is 13.2. The number of aromatic nitrogens is 2. The van der Waals surface area contributed by atoms with Crippen molar-refractivity contribution in [3.8, 4) is 11.4 Å². The van der Waals surface area contributed by atoms with Crippen LogP contribution in [0.2, 0.25) is 5.02 Å². The number of anilines is 1. The quantitative estimate of drug-likeness (QED) is 0.502. The van der Waals surface area contributed by atoms with Crippen LogP contribution >= 0.6 is 22.9 Å². The summed E-state index contributed by atoms with van der Waals surface area (Å²) in [5, 5.41) is 6.57. The fourth-order valence-corrected chi connectivity index (χ4v) is 7.38. The second kappa shape index (κ2) is 8.78. The van der Waals surface area contributed by atoms with Gasteiger partial charge in [-0.05, 0) is 43.5 Å². The van der Waals surface area contributed by atoms with Crippen molar-refractivity contribution in [2.45, 2.75) is 42.7 Å². The van der Waals surface area contributed by atoms with E-state index < -0.39 is 10.0 Å².